The number of aliphatic hydroxyl groups is 1. The van der Waals surface area contributed by atoms with Crippen LogP contribution in [-0.2, 0) is 0 Å². The Hall–Kier alpha value is -1.74. The van der Waals surface area contributed by atoms with Gasteiger partial charge in [-0.15, -0.1) is 0 Å². The number of allylic oxidation sites excluding steroid dienone is 2. The van der Waals surface area contributed by atoms with Crippen molar-refractivity contribution in [2.45, 2.75) is 5.60 Å². The maximum Gasteiger partial charge on any atom is 0.132 e. The summed E-state index contributed by atoms with van der Waals surface area (Å²) in [5, 5.41) is 10.2. The molecule has 0 aromatic carbocycles. The molecule has 1 atom stereocenters. The van der Waals surface area contributed by atoms with E-state index in [0.29, 0.717) is 0 Å². The van der Waals surface area contributed by atoms with E-state index >= 15 is 0 Å². The molecule has 2 heterocycles. The molecular formula is C11H8N2O. The minimum absolute atomic E-state index is 0.792. The predicted molar refractivity (Wildman–Crippen MR) is 55.3 cm³/mol. The van der Waals surface area contributed by atoms with Crippen LogP contribution in [0, 0.1) is 0 Å². The second-order valence-corrected chi connectivity index (χ2v) is 3.45. The van der Waals surface area contributed by atoms with Crippen molar-refractivity contribution in [3.8, 4) is 0 Å². The Morgan fingerprint density at radius 3 is 3.21 bits per heavy atom. The molecular weight excluding hydrogens is 176 g/mol. The molecule has 0 radical (unpaired) electrons. The minimum atomic E-state index is -1.02. The van der Waals surface area contributed by atoms with E-state index in [4.69, 9.17) is 0 Å². The van der Waals surface area contributed by atoms with Crippen LogP contribution in [0.15, 0.2) is 57.3 Å². The Kier molecular flexibility index (Phi) is 1.31. The number of aliphatic imine (C=N–C) groups is 2. The average Bonchev–Trinajstić information content (AvgIpc) is 2.59. The maximum atomic E-state index is 10.2. The van der Waals surface area contributed by atoms with E-state index in [2.05, 4.69) is 9.98 Å². The summed E-state index contributed by atoms with van der Waals surface area (Å²) in [6.45, 7) is 0. The van der Waals surface area contributed by atoms with E-state index in [1.54, 1.807) is 30.8 Å². The molecule has 3 heteroatoms. The fourth-order valence-corrected chi connectivity index (χ4v) is 1.74. The lowest BCUT2D eigenvalue weighted by Gasteiger charge is -2.27. The zero-order valence-electron chi connectivity index (χ0n) is 7.38. The smallest absolute Gasteiger partial charge is 0.132 e. The molecule has 68 valence electrons. The van der Waals surface area contributed by atoms with Gasteiger partial charge in [0.1, 0.15) is 5.60 Å². The van der Waals surface area contributed by atoms with Gasteiger partial charge in [-0.25, -0.2) is 0 Å². The highest BCUT2D eigenvalue weighted by atomic mass is 16.3. The van der Waals surface area contributed by atoms with E-state index in [-0.39, 0.29) is 0 Å². The van der Waals surface area contributed by atoms with Crippen LogP contribution in [0.4, 0.5) is 0 Å². The molecule has 1 unspecified atom stereocenters. The summed E-state index contributed by atoms with van der Waals surface area (Å²) in [7, 11) is 0. The zero-order chi connectivity index (χ0) is 9.60. The Balaban J connectivity index is 2.19. The Morgan fingerprint density at radius 1 is 1.36 bits per heavy atom. The molecule has 14 heavy (non-hydrogen) atoms. The van der Waals surface area contributed by atoms with Crippen LogP contribution in [0.3, 0.4) is 0 Å². The zero-order valence-corrected chi connectivity index (χ0v) is 7.38. The molecule has 3 aliphatic rings. The highest BCUT2D eigenvalue weighted by Crippen LogP contribution is 2.34. The molecule has 1 N–H and O–H groups in total. The highest BCUT2D eigenvalue weighted by molar-refractivity contribution is 5.90. The lowest BCUT2D eigenvalue weighted by atomic mass is 9.85. The fraction of sp³-hybridized carbons (Fsp3) is 0.0909. The summed E-state index contributed by atoms with van der Waals surface area (Å²) in [4.78, 5) is 8.14. The predicted octanol–water partition coefficient (Wildman–Crippen LogP) is 1.15. The van der Waals surface area contributed by atoms with Crippen LogP contribution in [-0.4, -0.2) is 23.1 Å². The quantitative estimate of drug-likeness (QED) is 0.603. The number of nitrogens with zero attached hydrogens (tertiary/aromatic N) is 2. The summed E-state index contributed by atoms with van der Waals surface area (Å²) < 4.78 is 0. The van der Waals surface area contributed by atoms with Gasteiger partial charge < -0.3 is 5.11 Å². The first kappa shape index (κ1) is 7.64. The third-order valence-corrected chi connectivity index (χ3v) is 2.52. The van der Waals surface area contributed by atoms with E-state index < -0.39 is 5.60 Å². The number of hydrogen-bond donors (Lipinski definition) is 1. The SMILES string of the molecule is OC12C=CN=CC1=CC1=CC=NC1=C2. The van der Waals surface area contributed by atoms with Crippen LogP contribution < -0.4 is 0 Å². The Labute approximate surface area is 81.2 Å². The van der Waals surface area contributed by atoms with Crippen molar-refractivity contribution in [3.63, 3.8) is 0 Å². The van der Waals surface area contributed by atoms with Gasteiger partial charge in [0.2, 0.25) is 0 Å². The number of hydrogen-bond acceptors (Lipinski definition) is 3. The van der Waals surface area contributed by atoms with E-state index in [9.17, 15) is 5.11 Å². The summed E-state index contributed by atoms with van der Waals surface area (Å²) in [5.41, 5.74) is 1.64. The normalized spacial score (nSPS) is 31.9. The fourth-order valence-electron chi connectivity index (χ4n) is 1.74. The van der Waals surface area contributed by atoms with Gasteiger partial charge in [0.25, 0.3) is 0 Å². The van der Waals surface area contributed by atoms with Gasteiger partial charge in [-0.2, -0.15) is 0 Å². The second kappa shape index (κ2) is 2.39. The highest BCUT2D eigenvalue weighted by Gasteiger charge is 2.32. The largest absolute Gasteiger partial charge is 0.377 e. The molecule has 3 rings (SSSR count). The van der Waals surface area contributed by atoms with Gasteiger partial charge in [0.15, 0.2) is 0 Å². The first-order chi connectivity index (χ1) is 6.78. The van der Waals surface area contributed by atoms with E-state index in [1.165, 1.54) is 0 Å². The van der Waals surface area contributed by atoms with Gasteiger partial charge in [-0.05, 0) is 24.3 Å². The van der Waals surface area contributed by atoms with Crippen molar-refractivity contribution < 1.29 is 5.11 Å². The first-order valence-electron chi connectivity index (χ1n) is 4.41. The van der Waals surface area contributed by atoms with Crippen LogP contribution in [0.5, 0.6) is 0 Å². The third kappa shape index (κ3) is 0.900. The third-order valence-electron chi connectivity index (χ3n) is 2.52. The summed E-state index contributed by atoms with van der Waals surface area (Å²) in [5.74, 6) is 0. The van der Waals surface area contributed by atoms with Crippen molar-refractivity contribution in [1.82, 2.24) is 0 Å². The van der Waals surface area contributed by atoms with E-state index in [1.807, 2.05) is 12.2 Å². The molecule has 0 aromatic rings. The molecule has 0 amide bonds. The van der Waals surface area contributed by atoms with Crippen molar-refractivity contribution in [3.05, 3.63) is 47.3 Å². The van der Waals surface area contributed by atoms with Gasteiger partial charge in [0, 0.05) is 29.8 Å². The summed E-state index contributed by atoms with van der Waals surface area (Å²) in [6.07, 6.45) is 12.3. The lowest BCUT2D eigenvalue weighted by Crippen LogP contribution is -2.31. The molecule has 0 fully saturated rings. The minimum Gasteiger partial charge on any atom is -0.377 e. The molecule has 0 aromatic heterocycles. The van der Waals surface area contributed by atoms with Gasteiger partial charge in [0.05, 0.1) is 5.70 Å². The molecule has 1 aliphatic carbocycles. The van der Waals surface area contributed by atoms with Gasteiger partial charge in [-0.1, -0.05) is 0 Å². The standard InChI is InChI=1S/C11H8N2O/c14-11-2-4-12-7-9(11)5-8-1-3-13-10(8)6-11/h1-7,14H. The average molecular weight is 184 g/mol. The van der Waals surface area contributed by atoms with Gasteiger partial charge >= 0.3 is 0 Å². The Morgan fingerprint density at radius 2 is 2.29 bits per heavy atom. The first-order valence-corrected chi connectivity index (χ1v) is 4.41. The monoisotopic (exact) mass is 184 g/mol. The van der Waals surface area contributed by atoms with Crippen LogP contribution in [0.1, 0.15) is 0 Å². The van der Waals surface area contributed by atoms with Crippen molar-refractivity contribution in [1.29, 1.82) is 0 Å². The maximum absolute atomic E-state index is 10.2. The molecule has 0 saturated heterocycles. The number of rotatable bonds is 0. The van der Waals surface area contributed by atoms with Crippen LogP contribution in [0.2, 0.25) is 0 Å². The van der Waals surface area contributed by atoms with E-state index in [0.717, 1.165) is 16.8 Å². The topological polar surface area (TPSA) is 45.0 Å². The number of fused-ring (bicyclic) bond motifs is 2. The summed E-state index contributed by atoms with van der Waals surface area (Å²) in [6, 6.07) is 0. The molecule has 3 nitrogen and oxygen atoms in total. The van der Waals surface area contributed by atoms with Crippen LogP contribution >= 0.6 is 0 Å². The second-order valence-electron chi connectivity index (χ2n) is 3.45. The van der Waals surface area contributed by atoms with Crippen molar-refractivity contribution in [2.75, 3.05) is 0 Å². The Bertz CT molecular complexity index is 478. The van der Waals surface area contributed by atoms with Crippen molar-refractivity contribution in [2.24, 2.45) is 9.98 Å². The molecule has 0 bridgehead atoms. The van der Waals surface area contributed by atoms with Crippen molar-refractivity contribution >= 4 is 12.4 Å². The molecule has 2 aliphatic heterocycles. The lowest BCUT2D eigenvalue weighted by molar-refractivity contribution is 0.185. The summed E-state index contributed by atoms with van der Waals surface area (Å²) >= 11 is 0. The molecule has 0 saturated carbocycles. The van der Waals surface area contributed by atoms with Crippen LogP contribution in [0.25, 0.3) is 0 Å². The van der Waals surface area contributed by atoms with Gasteiger partial charge in [-0.3, -0.25) is 9.98 Å². The molecule has 0 spiro atoms.